The second kappa shape index (κ2) is 8.44. The Bertz CT molecular complexity index is 882. The molecule has 0 aliphatic heterocycles. The van der Waals surface area contributed by atoms with Crippen molar-refractivity contribution in [3.8, 4) is 0 Å². The maximum Gasteiger partial charge on any atom is 0.401 e. The average Bonchev–Trinajstić information content (AvgIpc) is 2.58. The van der Waals surface area contributed by atoms with E-state index in [0.29, 0.717) is 6.26 Å². The van der Waals surface area contributed by atoms with Gasteiger partial charge in [-0.05, 0) is 11.1 Å². The number of nitrogens with zero attached hydrogens (tertiary/aromatic N) is 1. The first-order valence-corrected chi connectivity index (χ1v) is 9.82. The summed E-state index contributed by atoms with van der Waals surface area (Å²) in [6.45, 7) is 0. The maximum atomic E-state index is 13.9. The molecule has 29 heavy (non-hydrogen) atoms. The lowest BCUT2D eigenvalue weighted by atomic mass is 9.82. The van der Waals surface area contributed by atoms with Crippen molar-refractivity contribution in [3.05, 3.63) is 71.8 Å². The molecule has 0 fully saturated rings. The molecule has 0 aliphatic rings. The van der Waals surface area contributed by atoms with Gasteiger partial charge < -0.3 is 0 Å². The smallest absolute Gasteiger partial charge is 0.269 e. The van der Waals surface area contributed by atoms with Crippen molar-refractivity contribution in [3.63, 3.8) is 0 Å². The molecule has 11 heteroatoms. The number of hydrogen-bond donors (Lipinski definition) is 0. The molecule has 0 radical (unpaired) electrons. The number of hydrogen-bond acceptors (Lipinski definition) is 4. The van der Waals surface area contributed by atoms with E-state index in [1.165, 1.54) is 36.4 Å². The molecule has 4 nitrogen and oxygen atoms in total. The summed E-state index contributed by atoms with van der Waals surface area (Å²) in [5, 5.41) is 2.87. The van der Waals surface area contributed by atoms with Gasteiger partial charge in [0.2, 0.25) is 0 Å². The minimum Gasteiger partial charge on any atom is -0.269 e. The fraction of sp³-hybridized carbons (Fsp3) is 0.278. The third kappa shape index (κ3) is 6.21. The highest BCUT2D eigenvalue weighted by molar-refractivity contribution is 7.85. The topological polar surface area (TPSA) is 55.7 Å². The Hall–Kier alpha value is -2.56. The van der Waals surface area contributed by atoms with Gasteiger partial charge in [-0.15, -0.1) is 0 Å². The van der Waals surface area contributed by atoms with E-state index in [2.05, 4.69) is 9.44 Å². The summed E-state index contributed by atoms with van der Waals surface area (Å²) in [7, 11) is -4.46. The lowest BCUT2D eigenvalue weighted by molar-refractivity contribution is -0.148. The molecule has 0 heterocycles. The van der Waals surface area contributed by atoms with Crippen molar-refractivity contribution >= 4 is 15.8 Å². The molecule has 158 valence electrons. The lowest BCUT2D eigenvalue weighted by Gasteiger charge is -2.29. The third-order valence-electron chi connectivity index (χ3n) is 3.79. The highest BCUT2D eigenvalue weighted by Gasteiger charge is 2.54. The van der Waals surface area contributed by atoms with Crippen molar-refractivity contribution in [2.45, 2.75) is 24.2 Å². The van der Waals surface area contributed by atoms with Crippen LogP contribution in [0.15, 0.2) is 65.8 Å². The molecule has 2 atom stereocenters. The van der Waals surface area contributed by atoms with Crippen molar-refractivity contribution in [1.29, 1.82) is 0 Å². The fourth-order valence-corrected chi connectivity index (χ4v) is 2.95. The predicted octanol–water partition coefficient (Wildman–Crippen LogP) is 5.01. The van der Waals surface area contributed by atoms with Crippen LogP contribution in [0, 0.1) is 0 Å². The first kappa shape index (κ1) is 22.7. The van der Waals surface area contributed by atoms with Crippen LogP contribution in [0.2, 0.25) is 0 Å². The molecule has 0 spiro atoms. The van der Waals surface area contributed by atoms with Crippen LogP contribution < -0.4 is 0 Å². The molecule has 0 aromatic heterocycles. The molecule has 0 bridgehead atoms. The van der Waals surface area contributed by atoms with Crippen LogP contribution in [-0.4, -0.2) is 32.7 Å². The molecular formula is C18H15F6NO3S. The lowest BCUT2D eigenvalue weighted by Crippen LogP contribution is -2.38. The van der Waals surface area contributed by atoms with Crippen molar-refractivity contribution < 1.29 is 39.0 Å². The Morgan fingerprint density at radius 3 is 1.41 bits per heavy atom. The Kier molecular flexibility index (Phi) is 6.61. The zero-order valence-electron chi connectivity index (χ0n) is 14.8. The summed E-state index contributed by atoms with van der Waals surface area (Å²) >= 11 is 0. The standard InChI is InChI=1S/C18H15F6NO3S/c1-29(26,27)28-25-16(14(17(19,20)21)12-8-4-2-5-9-12)15(18(22,23)24)13-10-6-3-7-11-13/h2-11,14-15H,1H3. The first-order chi connectivity index (χ1) is 13.3. The van der Waals surface area contributed by atoms with E-state index in [4.69, 9.17) is 0 Å². The first-order valence-electron chi connectivity index (χ1n) is 8.00. The van der Waals surface area contributed by atoms with Crippen molar-refractivity contribution in [2.75, 3.05) is 6.26 Å². The maximum absolute atomic E-state index is 13.9. The molecule has 0 saturated heterocycles. The highest BCUT2D eigenvalue weighted by Crippen LogP contribution is 2.45. The summed E-state index contributed by atoms with van der Waals surface area (Å²) in [5.74, 6) is -5.70. The SMILES string of the molecule is CS(=O)(=O)ON=C(C(c1ccccc1)C(F)(F)F)C(c1ccccc1)C(F)(F)F. The number of benzene rings is 2. The van der Waals surface area contributed by atoms with Gasteiger partial charge >= 0.3 is 22.5 Å². The van der Waals surface area contributed by atoms with Gasteiger partial charge in [-0.3, -0.25) is 4.28 Å². The average molecular weight is 439 g/mol. The van der Waals surface area contributed by atoms with Gasteiger partial charge in [0.25, 0.3) is 0 Å². The van der Waals surface area contributed by atoms with Gasteiger partial charge in [-0.25, -0.2) is 0 Å². The van der Waals surface area contributed by atoms with Gasteiger partial charge in [-0.1, -0.05) is 65.8 Å². The summed E-state index contributed by atoms with van der Waals surface area (Å²) in [6, 6.07) is 11.6. The molecule has 0 aliphatic carbocycles. The van der Waals surface area contributed by atoms with Gasteiger partial charge in [0.15, 0.2) is 0 Å². The molecule has 2 aromatic carbocycles. The fourth-order valence-electron chi connectivity index (χ4n) is 2.73. The van der Waals surface area contributed by atoms with E-state index in [1.807, 2.05) is 0 Å². The van der Waals surface area contributed by atoms with Crippen LogP contribution in [0.1, 0.15) is 23.0 Å². The van der Waals surface area contributed by atoms with Crippen LogP contribution >= 0.6 is 0 Å². The Morgan fingerprint density at radius 1 is 0.793 bits per heavy atom. The van der Waals surface area contributed by atoms with Crippen LogP contribution in [0.4, 0.5) is 26.3 Å². The van der Waals surface area contributed by atoms with E-state index in [1.54, 1.807) is 0 Å². The molecule has 0 saturated carbocycles. The molecule has 0 N–H and O–H groups in total. The quantitative estimate of drug-likeness (QED) is 0.361. The van der Waals surface area contributed by atoms with Gasteiger partial charge in [0.1, 0.15) is 11.8 Å². The largest absolute Gasteiger partial charge is 0.401 e. The third-order valence-corrected chi connectivity index (χ3v) is 4.14. The van der Waals surface area contributed by atoms with E-state index >= 15 is 0 Å². The van der Waals surface area contributed by atoms with Gasteiger partial charge in [0, 0.05) is 0 Å². The number of halogens is 6. The van der Waals surface area contributed by atoms with E-state index in [9.17, 15) is 34.8 Å². The summed E-state index contributed by atoms with van der Waals surface area (Å²) in [4.78, 5) is 0. The monoisotopic (exact) mass is 439 g/mol. The normalized spacial score (nSPS) is 14.7. The molecular weight excluding hydrogens is 424 g/mol. The van der Waals surface area contributed by atoms with E-state index in [0.717, 1.165) is 24.3 Å². The minimum absolute atomic E-state index is 0.463. The van der Waals surface area contributed by atoms with Crippen LogP contribution in [-0.2, 0) is 14.4 Å². The zero-order chi connectivity index (χ0) is 21.9. The van der Waals surface area contributed by atoms with Crippen LogP contribution in [0.3, 0.4) is 0 Å². The second-order valence-electron chi connectivity index (χ2n) is 6.07. The molecule has 2 rings (SSSR count). The van der Waals surface area contributed by atoms with Gasteiger partial charge in [0.05, 0.1) is 12.0 Å². The van der Waals surface area contributed by atoms with Crippen molar-refractivity contribution in [2.24, 2.45) is 5.16 Å². The second-order valence-corrected chi connectivity index (χ2v) is 7.62. The van der Waals surface area contributed by atoms with Gasteiger partial charge in [-0.2, -0.15) is 34.8 Å². The number of rotatable bonds is 6. The zero-order valence-corrected chi connectivity index (χ0v) is 15.6. The summed E-state index contributed by atoms with van der Waals surface area (Å²) < 4.78 is 110. The van der Waals surface area contributed by atoms with E-state index in [-0.39, 0.29) is 0 Å². The molecule has 2 aromatic rings. The van der Waals surface area contributed by atoms with Crippen LogP contribution in [0.5, 0.6) is 0 Å². The minimum atomic E-state index is -5.21. The van der Waals surface area contributed by atoms with E-state index < -0.39 is 51.1 Å². The Morgan fingerprint density at radius 2 is 1.14 bits per heavy atom. The Labute approximate surface area is 162 Å². The number of alkyl halides is 6. The molecule has 2 unspecified atom stereocenters. The Balaban J connectivity index is 2.79. The van der Waals surface area contributed by atoms with Crippen LogP contribution in [0.25, 0.3) is 0 Å². The molecule has 0 amide bonds. The van der Waals surface area contributed by atoms with Crippen molar-refractivity contribution in [1.82, 2.24) is 0 Å². The highest BCUT2D eigenvalue weighted by atomic mass is 32.2. The predicted molar refractivity (Wildman–Crippen MR) is 93.8 cm³/mol. The number of oxime groups is 1. The summed E-state index contributed by atoms with van der Waals surface area (Å²) in [6.07, 6.45) is -9.96. The summed E-state index contributed by atoms with van der Waals surface area (Å²) in [5.41, 5.74) is -2.62.